The lowest BCUT2D eigenvalue weighted by molar-refractivity contribution is 0.0991. The second-order valence-electron chi connectivity index (χ2n) is 5.85. The van der Waals surface area contributed by atoms with Gasteiger partial charge in [-0.2, -0.15) is 0 Å². The van der Waals surface area contributed by atoms with E-state index in [0.29, 0.717) is 30.4 Å². The number of fused-ring (bicyclic) bond motifs is 2. The molecule has 4 N–H and O–H groups in total. The summed E-state index contributed by atoms with van der Waals surface area (Å²) < 4.78 is 5.84. The van der Waals surface area contributed by atoms with Crippen LogP contribution in [0.1, 0.15) is 35.2 Å². The van der Waals surface area contributed by atoms with Crippen molar-refractivity contribution in [2.75, 3.05) is 7.05 Å². The van der Waals surface area contributed by atoms with E-state index >= 15 is 0 Å². The number of amides is 1. The van der Waals surface area contributed by atoms with Gasteiger partial charge in [-0.05, 0) is 37.0 Å². The molecule has 0 aliphatic carbocycles. The van der Waals surface area contributed by atoms with Crippen LogP contribution < -0.4 is 16.4 Å². The van der Waals surface area contributed by atoms with E-state index in [0.717, 1.165) is 24.4 Å². The molecular weight excluding hydrogens is 407 g/mol. The van der Waals surface area contributed by atoms with Crippen LogP contribution in [0.5, 0.6) is 0 Å². The maximum Gasteiger partial charge on any atom is 0.248 e. The van der Waals surface area contributed by atoms with Crippen LogP contribution in [0.25, 0.3) is 0 Å². The Kier molecular flexibility index (Phi) is 6.23. The third-order valence-corrected chi connectivity index (χ3v) is 4.35. The zero-order chi connectivity index (χ0) is 15.5. The van der Waals surface area contributed by atoms with Gasteiger partial charge in [-0.3, -0.25) is 9.79 Å². The van der Waals surface area contributed by atoms with Crippen LogP contribution in [-0.4, -0.2) is 37.2 Å². The van der Waals surface area contributed by atoms with Gasteiger partial charge in [0.15, 0.2) is 5.96 Å². The van der Waals surface area contributed by atoms with Crippen LogP contribution >= 0.6 is 24.0 Å². The first-order valence-electron chi connectivity index (χ1n) is 7.67. The van der Waals surface area contributed by atoms with Gasteiger partial charge in [0, 0.05) is 19.2 Å². The molecule has 3 rings (SSSR count). The molecule has 2 bridgehead atoms. The average Bonchev–Trinajstić information content (AvgIpc) is 3.14. The molecule has 1 amide bonds. The van der Waals surface area contributed by atoms with Crippen molar-refractivity contribution in [3.63, 3.8) is 0 Å². The minimum Gasteiger partial charge on any atom is -0.373 e. The summed E-state index contributed by atoms with van der Waals surface area (Å²) in [5.74, 6) is 0.369. The molecule has 1 aromatic carbocycles. The minimum atomic E-state index is -0.409. The number of carbonyl (C=O) groups excluding carboxylic acids is 1. The number of carbonyl (C=O) groups is 1. The van der Waals surface area contributed by atoms with E-state index in [-0.39, 0.29) is 24.0 Å². The summed E-state index contributed by atoms with van der Waals surface area (Å²) in [7, 11) is 1.76. The molecule has 2 aliphatic rings. The fourth-order valence-corrected chi connectivity index (χ4v) is 3.13. The van der Waals surface area contributed by atoms with Crippen molar-refractivity contribution in [2.45, 2.75) is 44.1 Å². The van der Waals surface area contributed by atoms with Gasteiger partial charge in [0.1, 0.15) is 0 Å². The van der Waals surface area contributed by atoms with E-state index in [2.05, 4.69) is 15.6 Å². The van der Waals surface area contributed by atoms with Crippen molar-refractivity contribution >= 4 is 35.8 Å². The first kappa shape index (κ1) is 18.0. The molecule has 0 radical (unpaired) electrons. The third kappa shape index (κ3) is 4.35. The highest BCUT2D eigenvalue weighted by atomic mass is 127. The van der Waals surface area contributed by atoms with Crippen molar-refractivity contribution in [1.29, 1.82) is 0 Å². The monoisotopic (exact) mass is 430 g/mol. The summed E-state index contributed by atoms with van der Waals surface area (Å²) in [6.07, 6.45) is 4.11. The number of ether oxygens (including phenoxy) is 1. The van der Waals surface area contributed by atoms with Crippen molar-refractivity contribution in [1.82, 2.24) is 10.6 Å². The summed E-state index contributed by atoms with van der Waals surface area (Å²) >= 11 is 0. The summed E-state index contributed by atoms with van der Waals surface area (Å²) in [6.45, 7) is 0.639. The fourth-order valence-electron chi connectivity index (χ4n) is 3.13. The lowest BCUT2D eigenvalue weighted by atomic mass is 9.96. The highest BCUT2D eigenvalue weighted by Gasteiger charge is 2.41. The van der Waals surface area contributed by atoms with Gasteiger partial charge in [-0.1, -0.05) is 12.1 Å². The number of hydrogen-bond acceptors (Lipinski definition) is 3. The molecule has 0 spiro atoms. The Morgan fingerprint density at radius 1 is 1.35 bits per heavy atom. The van der Waals surface area contributed by atoms with E-state index in [1.807, 2.05) is 12.1 Å². The van der Waals surface area contributed by atoms with Crippen molar-refractivity contribution in [3.8, 4) is 0 Å². The van der Waals surface area contributed by atoms with Crippen LogP contribution in [0, 0.1) is 0 Å². The molecule has 7 heteroatoms. The molecular formula is C16H23IN4O2. The number of halogens is 1. The summed E-state index contributed by atoms with van der Waals surface area (Å²) in [5.41, 5.74) is 6.82. The van der Waals surface area contributed by atoms with E-state index in [4.69, 9.17) is 10.5 Å². The minimum absolute atomic E-state index is 0. The number of nitrogens with two attached hydrogens (primary N) is 1. The first-order valence-corrected chi connectivity index (χ1v) is 7.67. The molecule has 6 nitrogen and oxygen atoms in total. The molecule has 126 valence electrons. The number of benzene rings is 1. The lowest BCUT2D eigenvalue weighted by Crippen LogP contribution is -2.47. The Hall–Kier alpha value is -1.35. The highest BCUT2D eigenvalue weighted by Crippen LogP contribution is 2.34. The first-order chi connectivity index (χ1) is 10.7. The van der Waals surface area contributed by atoms with Crippen molar-refractivity contribution in [3.05, 3.63) is 35.4 Å². The number of nitrogens with zero attached hydrogens (tertiary/aromatic N) is 1. The molecule has 1 aromatic rings. The molecule has 3 atom stereocenters. The molecule has 0 aromatic heterocycles. The van der Waals surface area contributed by atoms with Crippen LogP contribution in [0.4, 0.5) is 0 Å². The Morgan fingerprint density at radius 2 is 2.09 bits per heavy atom. The van der Waals surface area contributed by atoms with Gasteiger partial charge in [-0.15, -0.1) is 24.0 Å². The van der Waals surface area contributed by atoms with Gasteiger partial charge in [-0.25, -0.2) is 0 Å². The predicted molar refractivity (Wildman–Crippen MR) is 100 cm³/mol. The number of primary amides is 1. The van der Waals surface area contributed by atoms with Crippen LogP contribution in [0.2, 0.25) is 0 Å². The lowest BCUT2D eigenvalue weighted by Gasteiger charge is -2.22. The standard InChI is InChI=1S/C16H22N4O2.HI/c1-18-16(20-13-8-12-6-7-14(13)22-12)19-9-10-2-4-11(5-3-10)15(17)21;/h2-5,12-14H,6-9H2,1H3,(H2,17,21)(H2,18,19,20);1H. The number of nitrogens with one attached hydrogen (secondary N) is 2. The van der Waals surface area contributed by atoms with E-state index in [9.17, 15) is 4.79 Å². The second kappa shape index (κ2) is 7.96. The second-order valence-corrected chi connectivity index (χ2v) is 5.85. The smallest absolute Gasteiger partial charge is 0.248 e. The van der Waals surface area contributed by atoms with E-state index in [1.165, 1.54) is 6.42 Å². The quantitative estimate of drug-likeness (QED) is 0.383. The summed E-state index contributed by atoms with van der Waals surface area (Å²) in [5, 5.41) is 6.72. The molecule has 23 heavy (non-hydrogen) atoms. The van der Waals surface area contributed by atoms with Gasteiger partial charge in [0.2, 0.25) is 5.91 Å². The largest absolute Gasteiger partial charge is 0.373 e. The normalized spacial score (nSPS) is 25.8. The van der Waals surface area contributed by atoms with Crippen LogP contribution in [0.15, 0.2) is 29.3 Å². The fraction of sp³-hybridized carbons (Fsp3) is 0.500. The van der Waals surface area contributed by atoms with Crippen LogP contribution in [-0.2, 0) is 11.3 Å². The maximum absolute atomic E-state index is 11.0. The molecule has 0 saturated carbocycles. The summed E-state index contributed by atoms with van der Waals surface area (Å²) in [6, 6.07) is 7.60. The average molecular weight is 430 g/mol. The number of guanidine groups is 1. The van der Waals surface area contributed by atoms with Crippen LogP contribution in [0.3, 0.4) is 0 Å². The van der Waals surface area contributed by atoms with Gasteiger partial charge in [0.25, 0.3) is 0 Å². The van der Waals surface area contributed by atoms with Gasteiger partial charge >= 0.3 is 0 Å². The van der Waals surface area contributed by atoms with Gasteiger partial charge < -0.3 is 21.1 Å². The topological polar surface area (TPSA) is 88.7 Å². The molecule has 3 unspecified atom stereocenters. The van der Waals surface area contributed by atoms with Crippen molar-refractivity contribution in [2.24, 2.45) is 10.7 Å². The third-order valence-electron chi connectivity index (χ3n) is 4.35. The van der Waals surface area contributed by atoms with E-state index < -0.39 is 5.91 Å². The Balaban J connectivity index is 0.00000192. The Morgan fingerprint density at radius 3 is 2.61 bits per heavy atom. The molecule has 2 aliphatic heterocycles. The Bertz CT molecular complexity index is 576. The molecule has 2 saturated heterocycles. The SMILES string of the molecule is CN=C(NCc1ccc(C(N)=O)cc1)NC1CC2CCC1O2.I. The van der Waals surface area contributed by atoms with Gasteiger partial charge in [0.05, 0.1) is 18.2 Å². The number of rotatable bonds is 4. The maximum atomic E-state index is 11.0. The molecule has 2 heterocycles. The predicted octanol–water partition coefficient (Wildman–Crippen LogP) is 1.39. The number of aliphatic imine (C=N–C) groups is 1. The zero-order valence-corrected chi connectivity index (χ0v) is 15.4. The Labute approximate surface area is 153 Å². The number of hydrogen-bond donors (Lipinski definition) is 3. The zero-order valence-electron chi connectivity index (χ0n) is 13.1. The van der Waals surface area contributed by atoms with Crippen molar-refractivity contribution < 1.29 is 9.53 Å². The highest BCUT2D eigenvalue weighted by molar-refractivity contribution is 14.0. The molecule has 2 fully saturated rings. The van der Waals surface area contributed by atoms with E-state index in [1.54, 1.807) is 19.2 Å². The summed E-state index contributed by atoms with van der Waals surface area (Å²) in [4.78, 5) is 15.3.